The summed E-state index contributed by atoms with van der Waals surface area (Å²) in [6, 6.07) is 3.06. The Kier molecular flexibility index (Phi) is 1.85. The normalized spacial score (nSPS) is 10.0. The van der Waals surface area contributed by atoms with E-state index >= 15 is 0 Å². The molecule has 0 saturated carbocycles. The smallest absolute Gasteiger partial charge is 0.147 e. The van der Waals surface area contributed by atoms with E-state index in [2.05, 4.69) is 0 Å². The predicted molar refractivity (Wildman–Crippen MR) is 29.4 cm³/mol. The molecule has 1 heterocycles. The van der Waals surface area contributed by atoms with Crippen LogP contribution in [0.25, 0.3) is 0 Å². The Bertz CT molecular complexity index is 164. The molecule has 0 atom stereocenters. The first kappa shape index (κ1) is 6.29. The summed E-state index contributed by atoms with van der Waals surface area (Å²) in [4.78, 5) is 0. The number of aliphatic hydroxyl groups excluding tert-OH is 1. The van der Waals surface area contributed by atoms with Gasteiger partial charge >= 0.3 is 0 Å². The highest BCUT2D eigenvalue weighted by Crippen LogP contribution is 2.07. The Morgan fingerprint density at radius 1 is 1.44 bits per heavy atom. The lowest BCUT2D eigenvalue weighted by molar-refractivity contribution is 0.239. The number of alkyl halides is 1. The van der Waals surface area contributed by atoms with Crippen molar-refractivity contribution in [1.29, 1.82) is 0 Å². The number of hydrogen-bond acceptors (Lipinski definition) is 2. The third-order valence-electron chi connectivity index (χ3n) is 1.00. The van der Waals surface area contributed by atoms with E-state index in [1.165, 1.54) is 6.07 Å². The van der Waals surface area contributed by atoms with E-state index < -0.39 is 6.67 Å². The van der Waals surface area contributed by atoms with Crippen molar-refractivity contribution in [2.24, 2.45) is 0 Å². The number of hydrogen-bond donors (Lipinski definition) is 1. The summed E-state index contributed by atoms with van der Waals surface area (Å²) in [5.41, 5.74) is 0. The van der Waals surface area contributed by atoms with E-state index in [4.69, 9.17) is 9.52 Å². The molecule has 0 radical (unpaired) electrons. The fourth-order valence-corrected chi connectivity index (χ4v) is 0.579. The average molecular weight is 130 g/mol. The fraction of sp³-hybridized carbons (Fsp3) is 0.333. The van der Waals surface area contributed by atoms with Crippen molar-refractivity contribution in [3.8, 4) is 0 Å². The summed E-state index contributed by atoms with van der Waals surface area (Å²) in [5, 5.41) is 8.43. The van der Waals surface area contributed by atoms with Crippen LogP contribution < -0.4 is 0 Å². The average Bonchev–Trinajstić information content (AvgIpc) is 2.34. The fourth-order valence-electron chi connectivity index (χ4n) is 0.579. The molecule has 0 aliphatic heterocycles. The number of furan rings is 1. The number of aliphatic hydroxyl groups is 1. The molecule has 0 aromatic carbocycles. The van der Waals surface area contributed by atoms with Gasteiger partial charge in [0.05, 0.1) is 0 Å². The van der Waals surface area contributed by atoms with Gasteiger partial charge in [0.2, 0.25) is 0 Å². The first-order valence-corrected chi connectivity index (χ1v) is 2.61. The van der Waals surface area contributed by atoms with Crippen molar-refractivity contribution in [2.45, 2.75) is 13.3 Å². The molecule has 0 aliphatic carbocycles. The summed E-state index contributed by atoms with van der Waals surface area (Å²) in [6.45, 7) is -0.778. The van der Waals surface area contributed by atoms with Crippen LogP contribution in [0, 0.1) is 0 Å². The topological polar surface area (TPSA) is 33.4 Å². The molecule has 1 N–H and O–H groups in total. The van der Waals surface area contributed by atoms with Crippen LogP contribution in [0.4, 0.5) is 4.39 Å². The van der Waals surface area contributed by atoms with E-state index in [9.17, 15) is 4.39 Å². The van der Waals surface area contributed by atoms with Crippen molar-refractivity contribution in [3.05, 3.63) is 23.7 Å². The molecule has 1 aromatic rings. The van der Waals surface area contributed by atoms with Gasteiger partial charge in [-0.1, -0.05) is 0 Å². The SMILES string of the molecule is OCc1ccc(CF)o1. The Morgan fingerprint density at radius 2 is 2.11 bits per heavy atom. The minimum Gasteiger partial charge on any atom is -0.461 e. The number of rotatable bonds is 2. The van der Waals surface area contributed by atoms with Crippen molar-refractivity contribution < 1.29 is 13.9 Å². The second-order valence-electron chi connectivity index (χ2n) is 1.66. The minimum atomic E-state index is -0.611. The van der Waals surface area contributed by atoms with Gasteiger partial charge in [0.15, 0.2) is 0 Å². The van der Waals surface area contributed by atoms with Crippen molar-refractivity contribution in [3.63, 3.8) is 0 Å². The van der Waals surface area contributed by atoms with Crippen molar-refractivity contribution in [1.82, 2.24) is 0 Å². The lowest BCUT2D eigenvalue weighted by Crippen LogP contribution is -1.74. The largest absolute Gasteiger partial charge is 0.461 e. The van der Waals surface area contributed by atoms with Gasteiger partial charge in [0.25, 0.3) is 0 Å². The second kappa shape index (κ2) is 2.64. The summed E-state index contributed by atoms with van der Waals surface area (Å²) in [7, 11) is 0. The summed E-state index contributed by atoms with van der Waals surface area (Å²) in [6.07, 6.45) is 0. The standard InChI is InChI=1S/C6H7FO2/c7-3-5-1-2-6(4-8)9-5/h1-2,8H,3-4H2. The molecular formula is C6H7FO2. The van der Waals surface area contributed by atoms with Crippen LogP contribution in [-0.4, -0.2) is 5.11 Å². The third-order valence-corrected chi connectivity index (χ3v) is 1.00. The van der Waals surface area contributed by atoms with Gasteiger partial charge in [-0.2, -0.15) is 0 Å². The zero-order valence-electron chi connectivity index (χ0n) is 4.80. The predicted octanol–water partition coefficient (Wildman–Crippen LogP) is 1.24. The molecule has 0 spiro atoms. The molecule has 0 aliphatic rings. The number of halogens is 1. The maximum absolute atomic E-state index is 11.7. The van der Waals surface area contributed by atoms with Crippen LogP contribution >= 0.6 is 0 Å². The molecule has 0 saturated heterocycles. The van der Waals surface area contributed by atoms with Gasteiger partial charge in [0.1, 0.15) is 24.8 Å². The Hall–Kier alpha value is -0.830. The highest BCUT2D eigenvalue weighted by molar-refractivity contribution is 5.04. The van der Waals surface area contributed by atoms with Crippen molar-refractivity contribution in [2.75, 3.05) is 0 Å². The Balaban J connectivity index is 2.74. The van der Waals surface area contributed by atoms with E-state index in [0.29, 0.717) is 5.76 Å². The molecule has 9 heavy (non-hydrogen) atoms. The van der Waals surface area contributed by atoms with E-state index in [-0.39, 0.29) is 12.4 Å². The van der Waals surface area contributed by atoms with Gasteiger partial charge in [0, 0.05) is 0 Å². The quantitative estimate of drug-likeness (QED) is 0.653. The molecule has 3 heteroatoms. The Morgan fingerprint density at radius 3 is 2.44 bits per heavy atom. The lowest BCUT2D eigenvalue weighted by Gasteiger charge is -1.85. The van der Waals surface area contributed by atoms with Gasteiger partial charge < -0.3 is 9.52 Å². The first-order valence-electron chi connectivity index (χ1n) is 2.61. The summed E-state index contributed by atoms with van der Waals surface area (Å²) in [5.74, 6) is 0.668. The third kappa shape index (κ3) is 1.29. The molecule has 0 fully saturated rings. The molecule has 0 unspecified atom stereocenters. The van der Waals surface area contributed by atoms with Crippen molar-refractivity contribution >= 4 is 0 Å². The van der Waals surface area contributed by atoms with Crippen LogP contribution in [0.2, 0.25) is 0 Å². The van der Waals surface area contributed by atoms with E-state index in [1.807, 2.05) is 0 Å². The Labute approximate surface area is 51.9 Å². The molecule has 0 amide bonds. The summed E-state index contributed by atoms with van der Waals surface area (Å²) < 4.78 is 16.5. The highest BCUT2D eigenvalue weighted by Gasteiger charge is 1.97. The maximum Gasteiger partial charge on any atom is 0.147 e. The molecule has 1 rings (SSSR count). The monoisotopic (exact) mass is 130 g/mol. The van der Waals surface area contributed by atoms with Crippen LogP contribution in [0.1, 0.15) is 11.5 Å². The van der Waals surface area contributed by atoms with E-state index in [0.717, 1.165) is 0 Å². The molecular weight excluding hydrogens is 123 g/mol. The highest BCUT2D eigenvalue weighted by atomic mass is 19.1. The zero-order chi connectivity index (χ0) is 6.69. The molecule has 0 bridgehead atoms. The molecule has 1 aromatic heterocycles. The minimum absolute atomic E-state index is 0.167. The van der Waals surface area contributed by atoms with Crippen LogP contribution in [0.3, 0.4) is 0 Å². The zero-order valence-corrected chi connectivity index (χ0v) is 4.80. The van der Waals surface area contributed by atoms with E-state index in [1.54, 1.807) is 6.07 Å². The van der Waals surface area contributed by atoms with Gasteiger partial charge in [-0.15, -0.1) is 0 Å². The molecule has 2 nitrogen and oxygen atoms in total. The first-order chi connectivity index (χ1) is 4.36. The summed E-state index contributed by atoms with van der Waals surface area (Å²) >= 11 is 0. The van der Waals surface area contributed by atoms with Gasteiger partial charge in [-0.25, -0.2) is 4.39 Å². The second-order valence-corrected chi connectivity index (χ2v) is 1.66. The van der Waals surface area contributed by atoms with Gasteiger partial charge in [-0.3, -0.25) is 0 Å². The lowest BCUT2D eigenvalue weighted by atomic mass is 10.4. The molecule has 50 valence electrons. The maximum atomic E-state index is 11.7. The van der Waals surface area contributed by atoms with Crippen LogP contribution in [0.5, 0.6) is 0 Å². The van der Waals surface area contributed by atoms with Crippen LogP contribution in [0.15, 0.2) is 16.5 Å². The van der Waals surface area contributed by atoms with Crippen LogP contribution in [-0.2, 0) is 13.3 Å². The van der Waals surface area contributed by atoms with Gasteiger partial charge in [-0.05, 0) is 12.1 Å².